The van der Waals surface area contributed by atoms with E-state index in [1.165, 1.54) is 15.6 Å². The molecule has 35 heavy (non-hydrogen) atoms. The molecular weight excluding hydrogens is 478 g/mol. The Morgan fingerprint density at radius 3 is 2.03 bits per heavy atom. The summed E-state index contributed by atoms with van der Waals surface area (Å²) >= 11 is 1.28. The molecular formula is C27H29N3O3S2. The molecule has 3 aromatic carbocycles. The van der Waals surface area contributed by atoms with E-state index in [1.807, 2.05) is 74.5 Å². The average Bonchev–Trinajstić information content (AvgIpc) is 3.27. The summed E-state index contributed by atoms with van der Waals surface area (Å²) in [5.41, 5.74) is 2.42. The van der Waals surface area contributed by atoms with Crippen molar-refractivity contribution in [3.63, 3.8) is 0 Å². The first-order valence-electron chi connectivity index (χ1n) is 11.8. The topological polar surface area (TPSA) is 79.4 Å². The molecule has 0 aliphatic heterocycles. The number of anilines is 1. The van der Waals surface area contributed by atoms with Crippen molar-refractivity contribution >= 4 is 42.6 Å². The van der Waals surface area contributed by atoms with Gasteiger partial charge in [0.15, 0.2) is 5.13 Å². The summed E-state index contributed by atoms with van der Waals surface area (Å²) in [6.45, 7) is 4.91. The van der Waals surface area contributed by atoms with Gasteiger partial charge in [0.1, 0.15) is 0 Å². The number of nitrogens with zero attached hydrogens (tertiary/aromatic N) is 2. The van der Waals surface area contributed by atoms with Gasteiger partial charge in [-0.2, -0.15) is 4.31 Å². The molecule has 1 heterocycles. The van der Waals surface area contributed by atoms with Crippen LogP contribution >= 0.6 is 11.3 Å². The van der Waals surface area contributed by atoms with E-state index >= 15 is 0 Å². The van der Waals surface area contributed by atoms with Crippen molar-refractivity contribution in [3.8, 4) is 0 Å². The summed E-state index contributed by atoms with van der Waals surface area (Å²) in [5, 5.41) is 3.40. The molecule has 8 heteroatoms. The highest BCUT2D eigenvalue weighted by Crippen LogP contribution is 2.31. The first kappa shape index (κ1) is 25.0. The molecule has 0 aliphatic rings. The van der Waals surface area contributed by atoms with Crippen LogP contribution in [-0.4, -0.2) is 36.7 Å². The Labute approximate surface area is 210 Å². The second kappa shape index (κ2) is 11.1. The molecule has 1 amide bonds. The molecule has 0 atom stereocenters. The van der Waals surface area contributed by atoms with Crippen LogP contribution in [0.15, 0.2) is 83.8 Å². The van der Waals surface area contributed by atoms with E-state index in [4.69, 9.17) is 0 Å². The molecule has 6 nitrogen and oxygen atoms in total. The van der Waals surface area contributed by atoms with Crippen molar-refractivity contribution in [1.82, 2.24) is 9.29 Å². The smallest absolute Gasteiger partial charge is 0.243 e. The van der Waals surface area contributed by atoms with Crippen LogP contribution in [0.4, 0.5) is 5.13 Å². The minimum atomic E-state index is -3.59. The molecule has 0 unspecified atom stereocenters. The molecule has 0 radical (unpaired) electrons. The molecule has 1 N–H and O–H groups in total. The lowest BCUT2D eigenvalue weighted by Gasteiger charge is -2.20. The van der Waals surface area contributed by atoms with Crippen LogP contribution in [0.5, 0.6) is 0 Å². The number of hydrogen-bond donors (Lipinski definition) is 1. The highest BCUT2D eigenvalue weighted by atomic mass is 32.2. The van der Waals surface area contributed by atoms with Gasteiger partial charge in [0.2, 0.25) is 15.9 Å². The predicted octanol–water partition coefficient (Wildman–Crippen LogP) is 5.88. The first-order chi connectivity index (χ1) is 16.9. The third-order valence-corrected chi connectivity index (χ3v) is 8.53. The van der Waals surface area contributed by atoms with Gasteiger partial charge in [-0.3, -0.25) is 4.79 Å². The standard InChI is InChI=1S/C27H29N3O3S2/c1-3-17-30(18-4-2)35(32,33)22-15-16-23-24(19-22)34-27(28-23)29-26(31)25(20-11-7-5-8-12-20)21-13-9-6-10-14-21/h5-16,19,25H,3-4,17-18H2,1-2H3,(H,28,29,31). The lowest BCUT2D eigenvalue weighted by molar-refractivity contribution is -0.116. The Bertz CT molecular complexity index is 1340. The third kappa shape index (κ3) is 5.61. The van der Waals surface area contributed by atoms with Crippen LogP contribution in [0.25, 0.3) is 10.2 Å². The van der Waals surface area contributed by atoms with Crippen LogP contribution in [0.3, 0.4) is 0 Å². The highest BCUT2D eigenvalue weighted by Gasteiger charge is 2.25. The number of rotatable bonds is 10. The van der Waals surface area contributed by atoms with Crippen molar-refractivity contribution in [2.75, 3.05) is 18.4 Å². The summed E-state index contributed by atoms with van der Waals surface area (Å²) in [4.78, 5) is 18.2. The molecule has 0 spiro atoms. The van der Waals surface area contributed by atoms with Gasteiger partial charge in [0.05, 0.1) is 21.0 Å². The van der Waals surface area contributed by atoms with Gasteiger partial charge in [-0.05, 0) is 42.2 Å². The summed E-state index contributed by atoms with van der Waals surface area (Å²) in [6, 6.07) is 24.2. The minimum absolute atomic E-state index is 0.189. The van der Waals surface area contributed by atoms with Gasteiger partial charge < -0.3 is 5.32 Å². The second-order valence-electron chi connectivity index (χ2n) is 8.30. The maximum Gasteiger partial charge on any atom is 0.243 e. The fourth-order valence-corrected chi connectivity index (χ4v) is 6.72. The van der Waals surface area contributed by atoms with E-state index in [1.54, 1.807) is 18.2 Å². The fraction of sp³-hybridized carbons (Fsp3) is 0.259. The molecule has 4 rings (SSSR count). The zero-order valence-corrected chi connectivity index (χ0v) is 21.5. The second-order valence-corrected chi connectivity index (χ2v) is 11.3. The van der Waals surface area contributed by atoms with Gasteiger partial charge in [0.25, 0.3) is 0 Å². The number of amides is 1. The van der Waals surface area contributed by atoms with Crippen molar-refractivity contribution in [2.24, 2.45) is 0 Å². The van der Waals surface area contributed by atoms with E-state index in [9.17, 15) is 13.2 Å². The lowest BCUT2D eigenvalue weighted by atomic mass is 9.90. The molecule has 4 aromatic rings. The zero-order chi connectivity index (χ0) is 24.8. The number of sulfonamides is 1. The van der Waals surface area contributed by atoms with Crippen LogP contribution in [0, 0.1) is 0 Å². The van der Waals surface area contributed by atoms with Gasteiger partial charge in [-0.1, -0.05) is 85.8 Å². The van der Waals surface area contributed by atoms with E-state index in [0.717, 1.165) is 24.0 Å². The number of carbonyl (C=O) groups is 1. The van der Waals surface area contributed by atoms with E-state index < -0.39 is 15.9 Å². The number of benzene rings is 3. The van der Waals surface area contributed by atoms with Gasteiger partial charge in [-0.25, -0.2) is 13.4 Å². The zero-order valence-electron chi connectivity index (χ0n) is 19.8. The Morgan fingerprint density at radius 1 is 0.914 bits per heavy atom. The van der Waals surface area contributed by atoms with E-state index in [0.29, 0.717) is 28.4 Å². The Kier molecular flexibility index (Phi) is 7.95. The molecule has 0 fully saturated rings. The number of carbonyl (C=O) groups excluding carboxylic acids is 1. The Hall–Kier alpha value is -3.07. The van der Waals surface area contributed by atoms with Gasteiger partial charge in [-0.15, -0.1) is 0 Å². The molecule has 1 aromatic heterocycles. The van der Waals surface area contributed by atoms with Crippen molar-refractivity contribution in [3.05, 3.63) is 90.0 Å². The quantitative estimate of drug-likeness (QED) is 0.291. The maximum atomic E-state index is 13.4. The van der Waals surface area contributed by atoms with Crippen LogP contribution in [-0.2, 0) is 14.8 Å². The summed E-state index contributed by atoms with van der Waals surface area (Å²) in [5.74, 6) is -0.677. The molecule has 0 saturated heterocycles. The number of nitrogens with one attached hydrogen (secondary N) is 1. The Morgan fingerprint density at radius 2 is 1.49 bits per heavy atom. The predicted molar refractivity (Wildman–Crippen MR) is 142 cm³/mol. The fourth-order valence-electron chi connectivity index (χ4n) is 4.08. The van der Waals surface area contributed by atoms with Crippen LogP contribution < -0.4 is 5.32 Å². The third-order valence-electron chi connectivity index (χ3n) is 5.70. The van der Waals surface area contributed by atoms with Crippen molar-refractivity contribution in [1.29, 1.82) is 0 Å². The van der Waals surface area contributed by atoms with E-state index in [-0.39, 0.29) is 10.8 Å². The van der Waals surface area contributed by atoms with Gasteiger partial charge in [0, 0.05) is 13.1 Å². The average molecular weight is 508 g/mol. The van der Waals surface area contributed by atoms with Gasteiger partial charge >= 0.3 is 0 Å². The maximum absolute atomic E-state index is 13.4. The Balaban J connectivity index is 1.62. The number of aromatic nitrogens is 1. The van der Waals surface area contributed by atoms with Crippen LogP contribution in [0.1, 0.15) is 43.7 Å². The van der Waals surface area contributed by atoms with Crippen LogP contribution in [0.2, 0.25) is 0 Å². The SMILES string of the molecule is CCCN(CCC)S(=O)(=O)c1ccc2nc(NC(=O)C(c3ccccc3)c3ccccc3)sc2c1. The lowest BCUT2D eigenvalue weighted by Crippen LogP contribution is -2.32. The summed E-state index contributed by atoms with van der Waals surface area (Å²) < 4.78 is 28.6. The largest absolute Gasteiger partial charge is 0.301 e. The first-order valence-corrected chi connectivity index (χ1v) is 14.0. The highest BCUT2D eigenvalue weighted by molar-refractivity contribution is 7.89. The molecule has 0 aliphatic carbocycles. The van der Waals surface area contributed by atoms with E-state index in [2.05, 4.69) is 10.3 Å². The number of hydrogen-bond acceptors (Lipinski definition) is 5. The summed E-state index contributed by atoms with van der Waals surface area (Å²) in [6.07, 6.45) is 1.50. The monoisotopic (exact) mass is 507 g/mol. The van der Waals surface area contributed by atoms with Crippen molar-refractivity contribution in [2.45, 2.75) is 37.5 Å². The minimum Gasteiger partial charge on any atom is -0.301 e. The number of fused-ring (bicyclic) bond motifs is 1. The molecule has 0 bridgehead atoms. The molecule has 0 saturated carbocycles. The molecule has 182 valence electrons. The number of thiazole rings is 1. The van der Waals surface area contributed by atoms with Crippen molar-refractivity contribution < 1.29 is 13.2 Å². The normalized spacial score (nSPS) is 11.9. The summed E-state index contributed by atoms with van der Waals surface area (Å²) in [7, 11) is -3.59.